The molecule has 1 aliphatic heterocycles. The largest absolute Gasteiger partial charge is 0.493 e. The minimum atomic E-state index is -0.516. The average molecular weight is 327 g/mol. The van der Waals surface area contributed by atoms with Crippen molar-refractivity contribution in [3.05, 3.63) is 22.7 Å². The van der Waals surface area contributed by atoms with E-state index in [4.69, 9.17) is 21.1 Å². The van der Waals surface area contributed by atoms with Gasteiger partial charge in [0.1, 0.15) is 6.04 Å². The zero-order chi connectivity index (χ0) is 16.1. The number of carbonyl (C=O) groups is 2. The molecule has 22 heavy (non-hydrogen) atoms. The number of piperidine rings is 1. The van der Waals surface area contributed by atoms with Crippen LogP contribution in [-0.4, -0.2) is 38.1 Å². The fraction of sp³-hybridized carbons (Fsp3) is 0.467. The van der Waals surface area contributed by atoms with E-state index in [-0.39, 0.29) is 11.8 Å². The molecule has 1 saturated heterocycles. The Balaban J connectivity index is 2.19. The summed E-state index contributed by atoms with van der Waals surface area (Å²) in [7, 11) is 1.48. The van der Waals surface area contributed by atoms with Gasteiger partial charge in [-0.15, -0.1) is 0 Å². The van der Waals surface area contributed by atoms with Gasteiger partial charge in [-0.1, -0.05) is 11.6 Å². The summed E-state index contributed by atoms with van der Waals surface area (Å²) in [6.07, 6.45) is 1.46. The molecule has 1 atom stereocenters. The SMILES string of the molecule is CCOc1c(Cl)cc(C(=O)NC2CCCNC2=O)cc1OC. The van der Waals surface area contributed by atoms with Crippen LogP contribution in [0.1, 0.15) is 30.1 Å². The molecule has 2 amide bonds. The first kappa shape index (κ1) is 16.4. The van der Waals surface area contributed by atoms with Gasteiger partial charge in [-0.05, 0) is 31.9 Å². The van der Waals surface area contributed by atoms with E-state index in [1.807, 2.05) is 6.92 Å². The second kappa shape index (κ2) is 7.35. The molecule has 0 radical (unpaired) electrons. The molecule has 0 saturated carbocycles. The molecule has 120 valence electrons. The number of amides is 2. The van der Waals surface area contributed by atoms with Crippen molar-refractivity contribution in [3.8, 4) is 11.5 Å². The van der Waals surface area contributed by atoms with Crippen molar-refractivity contribution in [2.24, 2.45) is 0 Å². The zero-order valence-corrected chi connectivity index (χ0v) is 13.3. The van der Waals surface area contributed by atoms with Gasteiger partial charge in [0.05, 0.1) is 18.7 Å². The van der Waals surface area contributed by atoms with Gasteiger partial charge in [0, 0.05) is 12.1 Å². The molecule has 1 aromatic rings. The minimum absolute atomic E-state index is 0.163. The fourth-order valence-electron chi connectivity index (χ4n) is 2.29. The van der Waals surface area contributed by atoms with E-state index in [2.05, 4.69) is 10.6 Å². The monoisotopic (exact) mass is 326 g/mol. The molecule has 0 aromatic heterocycles. The van der Waals surface area contributed by atoms with Crippen LogP contribution < -0.4 is 20.1 Å². The van der Waals surface area contributed by atoms with Crippen molar-refractivity contribution >= 4 is 23.4 Å². The van der Waals surface area contributed by atoms with Gasteiger partial charge >= 0.3 is 0 Å². The highest BCUT2D eigenvalue weighted by Crippen LogP contribution is 2.36. The van der Waals surface area contributed by atoms with Crippen LogP contribution >= 0.6 is 11.6 Å². The number of halogens is 1. The van der Waals surface area contributed by atoms with Crippen LogP contribution in [0, 0.1) is 0 Å². The maximum atomic E-state index is 12.3. The van der Waals surface area contributed by atoms with Gasteiger partial charge in [0.2, 0.25) is 5.91 Å². The predicted molar refractivity (Wildman–Crippen MR) is 82.7 cm³/mol. The number of ether oxygens (including phenoxy) is 2. The van der Waals surface area contributed by atoms with E-state index in [1.54, 1.807) is 6.07 Å². The van der Waals surface area contributed by atoms with Crippen molar-refractivity contribution < 1.29 is 19.1 Å². The molecule has 1 aromatic carbocycles. The van der Waals surface area contributed by atoms with Crippen molar-refractivity contribution in [1.82, 2.24) is 10.6 Å². The van der Waals surface area contributed by atoms with Crippen LogP contribution in [-0.2, 0) is 4.79 Å². The highest BCUT2D eigenvalue weighted by atomic mass is 35.5. The number of benzene rings is 1. The van der Waals surface area contributed by atoms with Crippen LogP contribution in [0.4, 0.5) is 0 Å². The molecule has 0 bridgehead atoms. The van der Waals surface area contributed by atoms with Crippen molar-refractivity contribution in [3.63, 3.8) is 0 Å². The Morgan fingerprint density at radius 1 is 1.50 bits per heavy atom. The third-order valence-corrected chi connectivity index (χ3v) is 3.65. The highest BCUT2D eigenvalue weighted by Gasteiger charge is 2.25. The van der Waals surface area contributed by atoms with Gasteiger partial charge in [-0.3, -0.25) is 9.59 Å². The first-order valence-electron chi connectivity index (χ1n) is 7.15. The topological polar surface area (TPSA) is 76.7 Å². The molecule has 1 aliphatic rings. The molecular weight excluding hydrogens is 308 g/mol. The van der Waals surface area contributed by atoms with Gasteiger partial charge in [-0.2, -0.15) is 0 Å². The highest BCUT2D eigenvalue weighted by molar-refractivity contribution is 6.32. The zero-order valence-electron chi connectivity index (χ0n) is 12.6. The quantitative estimate of drug-likeness (QED) is 0.864. The van der Waals surface area contributed by atoms with Gasteiger partial charge < -0.3 is 20.1 Å². The first-order chi connectivity index (χ1) is 10.6. The first-order valence-corrected chi connectivity index (χ1v) is 7.53. The van der Waals surface area contributed by atoms with Crippen molar-refractivity contribution in [1.29, 1.82) is 0 Å². The third kappa shape index (κ3) is 3.62. The summed E-state index contributed by atoms with van der Waals surface area (Å²) in [4.78, 5) is 24.0. The summed E-state index contributed by atoms with van der Waals surface area (Å²) in [5, 5.41) is 5.72. The third-order valence-electron chi connectivity index (χ3n) is 3.37. The summed E-state index contributed by atoms with van der Waals surface area (Å²) in [5.74, 6) is 0.250. The van der Waals surface area contributed by atoms with E-state index in [9.17, 15) is 9.59 Å². The summed E-state index contributed by atoms with van der Waals surface area (Å²) in [6.45, 7) is 2.91. The van der Waals surface area contributed by atoms with Crippen LogP contribution in [0.2, 0.25) is 5.02 Å². The Morgan fingerprint density at radius 2 is 2.27 bits per heavy atom. The molecule has 6 nitrogen and oxygen atoms in total. The van der Waals surface area contributed by atoms with Crippen LogP contribution in [0.5, 0.6) is 11.5 Å². The summed E-state index contributed by atoms with van der Waals surface area (Å²) < 4.78 is 10.6. The number of nitrogens with one attached hydrogen (secondary N) is 2. The van der Waals surface area contributed by atoms with E-state index in [0.29, 0.717) is 41.7 Å². The van der Waals surface area contributed by atoms with Crippen LogP contribution in [0.25, 0.3) is 0 Å². The average Bonchev–Trinajstić information content (AvgIpc) is 2.51. The second-order valence-corrected chi connectivity index (χ2v) is 5.29. The Labute approximate surface area is 134 Å². The normalized spacial score (nSPS) is 17.6. The lowest BCUT2D eigenvalue weighted by Crippen LogP contribution is -2.50. The fourth-order valence-corrected chi connectivity index (χ4v) is 2.55. The number of rotatable bonds is 5. The lowest BCUT2D eigenvalue weighted by atomic mass is 10.1. The predicted octanol–water partition coefficient (Wildman–Crippen LogP) is 1.76. The lowest BCUT2D eigenvalue weighted by Gasteiger charge is -2.23. The molecule has 7 heteroatoms. The van der Waals surface area contributed by atoms with E-state index in [0.717, 1.165) is 6.42 Å². The Morgan fingerprint density at radius 3 is 2.91 bits per heavy atom. The van der Waals surface area contributed by atoms with Crippen LogP contribution in [0.15, 0.2) is 12.1 Å². The number of methoxy groups -OCH3 is 1. The van der Waals surface area contributed by atoms with Crippen LogP contribution in [0.3, 0.4) is 0 Å². The molecule has 0 spiro atoms. The van der Waals surface area contributed by atoms with E-state index < -0.39 is 6.04 Å². The molecular formula is C15H19ClN2O4. The minimum Gasteiger partial charge on any atom is -0.493 e. The molecule has 2 rings (SSSR count). The smallest absolute Gasteiger partial charge is 0.252 e. The summed E-state index contributed by atoms with van der Waals surface area (Å²) in [5.41, 5.74) is 0.323. The molecule has 2 N–H and O–H groups in total. The summed E-state index contributed by atoms with van der Waals surface area (Å²) >= 11 is 6.14. The van der Waals surface area contributed by atoms with Gasteiger partial charge in [0.15, 0.2) is 11.5 Å². The Hall–Kier alpha value is -1.95. The molecule has 0 aliphatic carbocycles. The van der Waals surface area contributed by atoms with Gasteiger partial charge in [0.25, 0.3) is 5.91 Å². The molecule has 1 fully saturated rings. The maximum Gasteiger partial charge on any atom is 0.252 e. The van der Waals surface area contributed by atoms with Crippen molar-refractivity contribution in [2.45, 2.75) is 25.8 Å². The Bertz CT molecular complexity index is 577. The second-order valence-electron chi connectivity index (χ2n) is 4.88. The van der Waals surface area contributed by atoms with Crippen molar-refractivity contribution in [2.75, 3.05) is 20.3 Å². The maximum absolute atomic E-state index is 12.3. The van der Waals surface area contributed by atoms with Gasteiger partial charge in [-0.25, -0.2) is 0 Å². The number of carbonyl (C=O) groups excluding carboxylic acids is 2. The molecule has 1 unspecified atom stereocenters. The molecule has 1 heterocycles. The van der Waals surface area contributed by atoms with E-state index >= 15 is 0 Å². The Kier molecular flexibility index (Phi) is 5.49. The standard InChI is InChI=1S/C15H19ClN2O4/c1-3-22-13-10(16)7-9(8-12(13)21-2)14(19)18-11-5-4-6-17-15(11)20/h7-8,11H,3-6H2,1-2H3,(H,17,20)(H,18,19). The lowest BCUT2D eigenvalue weighted by molar-refractivity contribution is -0.124. The van der Waals surface area contributed by atoms with E-state index in [1.165, 1.54) is 13.2 Å². The summed E-state index contributed by atoms with van der Waals surface area (Å²) in [6, 6.07) is 2.54. The number of hydrogen-bond acceptors (Lipinski definition) is 4. The number of hydrogen-bond donors (Lipinski definition) is 2.